The van der Waals surface area contributed by atoms with Gasteiger partial charge in [0.25, 0.3) is 5.91 Å². The van der Waals surface area contributed by atoms with Gasteiger partial charge in [0.15, 0.2) is 0 Å². The van der Waals surface area contributed by atoms with Crippen LogP contribution < -0.4 is 10.1 Å². The Labute approximate surface area is 143 Å². The number of carbonyl (C=O) groups is 1. The minimum absolute atomic E-state index is 0.190. The number of rotatable bonds is 6. The summed E-state index contributed by atoms with van der Waals surface area (Å²) in [6.45, 7) is 0.747. The van der Waals surface area contributed by atoms with E-state index in [2.05, 4.69) is 20.8 Å². The largest absolute Gasteiger partial charge is 0.492 e. The summed E-state index contributed by atoms with van der Waals surface area (Å²) in [7, 11) is 0. The lowest BCUT2D eigenvalue weighted by Crippen LogP contribution is -2.28. The summed E-state index contributed by atoms with van der Waals surface area (Å²) in [6.07, 6.45) is 1.47. The van der Waals surface area contributed by atoms with E-state index in [4.69, 9.17) is 16.3 Å². The molecule has 0 atom stereocenters. The Morgan fingerprint density at radius 2 is 2.04 bits per heavy atom. The third kappa shape index (κ3) is 4.08. The second-order valence-corrected chi connectivity index (χ2v) is 5.30. The summed E-state index contributed by atoms with van der Waals surface area (Å²) >= 11 is 5.81. The molecule has 3 rings (SSSR count). The molecular formula is C16H14ClN5O2. The molecule has 0 aliphatic heterocycles. The third-order valence-electron chi connectivity index (χ3n) is 3.19. The minimum Gasteiger partial charge on any atom is -0.492 e. The zero-order valence-electron chi connectivity index (χ0n) is 12.6. The molecule has 3 aromatic rings. The summed E-state index contributed by atoms with van der Waals surface area (Å²) in [6, 6.07) is 14.1. The van der Waals surface area contributed by atoms with Crippen molar-refractivity contribution in [1.82, 2.24) is 25.5 Å². The van der Waals surface area contributed by atoms with Gasteiger partial charge in [-0.15, -0.1) is 5.10 Å². The van der Waals surface area contributed by atoms with E-state index < -0.39 is 0 Å². The number of hydrogen-bond donors (Lipinski definition) is 1. The quantitative estimate of drug-likeness (QED) is 0.693. The van der Waals surface area contributed by atoms with Crippen LogP contribution in [0.4, 0.5) is 0 Å². The highest BCUT2D eigenvalue weighted by atomic mass is 35.5. The van der Waals surface area contributed by atoms with Gasteiger partial charge in [0, 0.05) is 10.6 Å². The van der Waals surface area contributed by atoms with Gasteiger partial charge in [-0.05, 0) is 52.9 Å². The van der Waals surface area contributed by atoms with Crippen molar-refractivity contribution in [1.29, 1.82) is 0 Å². The Balaban J connectivity index is 1.52. The maximum Gasteiger partial charge on any atom is 0.251 e. The Hall–Kier alpha value is -2.93. The molecule has 2 aromatic carbocycles. The maximum atomic E-state index is 12.2. The average Bonchev–Trinajstić information content (AvgIpc) is 3.15. The molecule has 1 amide bonds. The Bertz CT molecular complexity index is 806. The Morgan fingerprint density at radius 1 is 1.21 bits per heavy atom. The first-order chi connectivity index (χ1) is 11.7. The van der Waals surface area contributed by atoms with Crippen molar-refractivity contribution in [2.24, 2.45) is 0 Å². The SMILES string of the molecule is O=C(NCCOc1ccc(Cl)cc1)c1cccc(-n2cnnn2)c1. The third-order valence-corrected chi connectivity index (χ3v) is 3.44. The number of ether oxygens (including phenoxy) is 1. The van der Waals surface area contributed by atoms with Crippen LogP contribution in [0.25, 0.3) is 5.69 Å². The van der Waals surface area contributed by atoms with E-state index in [1.807, 2.05) is 6.07 Å². The van der Waals surface area contributed by atoms with E-state index >= 15 is 0 Å². The van der Waals surface area contributed by atoms with E-state index in [1.54, 1.807) is 42.5 Å². The van der Waals surface area contributed by atoms with Crippen LogP contribution in [0.1, 0.15) is 10.4 Å². The van der Waals surface area contributed by atoms with Crippen molar-refractivity contribution in [2.75, 3.05) is 13.2 Å². The second kappa shape index (κ2) is 7.56. The molecule has 1 N–H and O–H groups in total. The second-order valence-electron chi connectivity index (χ2n) is 4.86. The van der Waals surface area contributed by atoms with Crippen molar-refractivity contribution >= 4 is 17.5 Å². The van der Waals surface area contributed by atoms with E-state index in [1.165, 1.54) is 11.0 Å². The summed E-state index contributed by atoms with van der Waals surface area (Å²) in [5, 5.41) is 14.4. The topological polar surface area (TPSA) is 81.9 Å². The predicted molar refractivity (Wildman–Crippen MR) is 88.4 cm³/mol. The van der Waals surface area contributed by atoms with Crippen molar-refractivity contribution in [3.63, 3.8) is 0 Å². The summed E-state index contributed by atoms with van der Waals surface area (Å²) in [5.41, 5.74) is 1.24. The lowest BCUT2D eigenvalue weighted by molar-refractivity contribution is 0.0947. The highest BCUT2D eigenvalue weighted by Gasteiger charge is 2.07. The van der Waals surface area contributed by atoms with Gasteiger partial charge in [-0.25, -0.2) is 4.68 Å². The molecule has 0 saturated heterocycles. The van der Waals surface area contributed by atoms with E-state index in [0.29, 0.717) is 35.2 Å². The minimum atomic E-state index is -0.190. The predicted octanol–water partition coefficient (Wildman–Crippen LogP) is 2.12. The molecule has 1 heterocycles. The first-order valence-corrected chi connectivity index (χ1v) is 7.60. The number of hydrogen-bond acceptors (Lipinski definition) is 5. The smallest absolute Gasteiger partial charge is 0.251 e. The molecule has 0 aliphatic rings. The van der Waals surface area contributed by atoms with Gasteiger partial charge in [-0.3, -0.25) is 4.79 Å². The summed E-state index contributed by atoms with van der Waals surface area (Å²) < 4.78 is 7.01. The molecule has 0 bridgehead atoms. The molecule has 0 fully saturated rings. The molecule has 0 aliphatic carbocycles. The van der Waals surface area contributed by atoms with Crippen molar-refractivity contribution in [3.8, 4) is 11.4 Å². The molecule has 1 aromatic heterocycles. The molecule has 0 radical (unpaired) electrons. The fourth-order valence-electron chi connectivity index (χ4n) is 2.04. The molecule has 8 heteroatoms. The lowest BCUT2D eigenvalue weighted by Gasteiger charge is -2.08. The first kappa shape index (κ1) is 15.9. The Morgan fingerprint density at radius 3 is 2.79 bits per heavy atom. The van der Waals surface area contributed by atoms with Gasteiger partial charge in [0.2, 0.25) is 0 Å². The van der Waals surface area contributed by atoms with Crippen LogP contribution in [-0.4, -0.2) is 39.3 Å². The Kier molecular flexibility index (Phi) is 5.02. The van der Waals surface area contributed by atoms with Crippen LogP contribution in [-0.2, 0) is 0 Å². The maximum absolute atomic E-state index is 12.2. The number of carbonyl (C=O) groups excluding carboxylic acids is 1. The lowest BCUT2D eigenvalue weighted by atomic mass is 10.2. The summed E-state index contributed by atoms with van der Waals surface area (Å²) in [5.74, 6) is 0.513. The fourth-order valence-corrected chi connectivity index (χ4v) is 2.16. The van der Waals surface area contributed by atoms with Crippen LogP contribution >= 0.6 is 11.6 Å². The van der Waals surface area contributed by atoms with Gasteiger partial charge < -0.3 is 10.1 Å². The number of tetrazole rings is 1. The van der Waals surface area contributed by atoms with Gasteiger partial charge in [-0.2, -0.15) is 0 Å². The molecule has 0 saturated carbocycles. The highest BCUT2D eigenvalue weighted by molar-refractivity contribution is 6.30. The fraction of sp³-hybridized carbons (Fsp3) is 0.125. The van der Waals surface area contributed by atoms with Crippen molar-refractivity contribution in [3.05, 3.63) is 65.4 Å². The number of amides is 1. The molecular weight excluding hydrogens is 330 g/mol. The molecule has 122 valence electrons. The number of nitrogens with one attached hydrogen (secondary N) is 1. The molecule has 7 nitrogen and oxygen atoms in total. The van der Waals surface area contributed by atoms with Gasteiger partial charge in [0.05, 0.1) is 12.2 Å². The van der Waals surface area contributed by atoms with Crippen molar-refractivity contribution in [2.45, 2.75) is 0 Å². The van der Waals surface area contributed by atoms with E-state index in [-0.39, 0.29) is 5.91 Å². The van der Waals surface area contributed by atoms with Gasteiger partial charge in [0.1, 0.15) is 18.7 Å². The zero-order chi connectivity index (χ0) is 16.8. The summed E-state index contributed by atoms with van der Waals surface area (Å²) in [4.78, 5) is 12.2. The zero-order valence-corrected chi connectivity index (χ0v) is 13.3. The van der Waals surface area contributed by atoms with Crippen LogP contribution in [0.2, 0.25) is 5.02 Å². The van der Waals surface area contributed by atoms with Crippen LogP contribution in [0.15, 0.2) is 54.9 Å². The number of benzene rings is 2. The molecule has 0 unspecified atom stereocenters. The van der Waals surface area contributed by atoms with E-state index in [9.17, 15) is 4.79 Å². The van der Waals surface area contributed by atoms with Crippen LogP contribution in [0.3, 0.4) is 0 Å². The average molecular weight is 344 g/mol. The van der Waals surface area contributed by atoms with Crippen LogP contribution in [0.5, 0.6) is 5.75 Å². The van der Waals surface area contributed by atoms with E-state index in [0.717, 1.165) is 0 Å². The van der Waals surface area contributed by atoms with Gasteiger partial charge >= 0.3 is 0 Å². The number of aromatic nitrogens is 4. The van der Waals surface area contributed by atoms with Crippen LogP contribution in [0, 0.1) is 0 Å². The first-order valence-electron chi connectivity index (χ1n) is 7.22. The molecule has 0 spiro atoms. The molecule has 24 heavy (non-hydrogen) atoms. The number of nitrogens with zero attached hydrogens (tertiary/aromatic N) is 4. The number of halogens is 1. The van der Waals surface area contributed by atoms with Crippen molar-refractivity contribution < 1.29 is 9.53 Å². The highest BCUT2D eigenvalue weighted by Crippen LogP contribution is 2.15. The normalized spacial score (nSPS) is 10.4. The monoisotopic (exact) mass is 343 g/mol. The standard InChI is InChI=1S/C16H14ClN5O2/c17-13-4-6-15(7-5-13)24-9-8-18-16(23)12-2-1-3-14(10-12)22-11-19-20-21-22/h1-7,10-11H,8-9H2,(H,18,23). The van der Waals surface area contributed by atoms with Gasteiger partial charge in [-0.1, -0.05) is 17.7 Å².